The summed E-state index contributed by atoms with van der Waals surface area (Å²) >= 11 is 0. The molecular formula is C17H19NO. The van der Waals surface area contributed by atoms with Crippen LogP contribution in [0.25, 0.3) is 0 Å². The number of hydrogen-bond acceptors (Lipinski definition) is 2. The summed E-state index contributed by atoms with van der Waals surface area (Å²) in [6.45, 7) is 5.15. The van der Waals surface area contributed by atoms with Crippen molar-refractivity contribution in [3.8, 4) is 5.75 Å². The third-order valence-corrected chi connectivity index (χ3v) is 3.84. The molecule has 2 aromatic rings. The Morgan fingerprint density at radius 3 is 2.53 bits per heavy atom. The molecule has 0 aromatic heterocycles. The van der Waals surface area contributed by atoms with E-state index >= 15 is 0 Å². The lowest BCUT2D eigenvalue weighted by Crippen LogP contribution is -2.19. The standard InChI is InChI=1S/C17H19NO/c1-17(2)11-19-15-9-8-13(10-14(15)17)16(18)12-6-4-3-5-7-12/h3-10,16H,11,18H2,1-2H3. The Bertz CT molecular complexity index is 589. The van der Waals surface area contributed by atoms with Crippen molar-refractivity contribution >= 4 is 0 Å². The molecule has 1 aliphatic heterocycles. The second kappa shape index (κ2) is 4.39. The van der Waals surface area contributed by atoms with E-state index in [1.807, 2.05) is 24.3 Å². The lowest BCUT2D eigenvalue weighted by Gasteiger charge is -2.18. The zero-order valence-corrected chi connectivity index (χ0v) is 11.4. The van der Waals surface area contributed by atoms with Gasteiger partial charge in [0.15, 0.2) is 0 Å². The Kier molecular flexibility index (Phi) is 2.83. The minimum atomic E-state index is -0.0806. The van der Waals surface area contributed by atoms with Crippen LogP contribution in [0.2, 0.25) is 0 Å². The molecule has 0 bridgehead atoms. The molecular weight excluding hydrogens is 234 g/mol. The highest BCUT2D eigenvalue weighted by Crippen LogP contribution is 2.39. The molecule has 0 aliphatic carbocycles. The van der Waals surface area contributed by atoms with E-state index in [4.69, 9.17) is 10.5 Å². The second-order valence-corrected chi connectivity index (χ2v) is 5.82. The van der Waals surface area contributed by atoms with Crippen molar-refractivity contribution in [3.05, 3.63) is 65.2 Å². The van der Waals surface area contributed by atoms with E-state index in [1.54, 1.807) is 0 Å². The van der Waals surface area contributed by atoms with Crippen LogP contribution < -0.4 is 10.5 Å². The maximum absolute atomic E-state index is 6.36. The summed E-state index contributed by atoms with van der Waals surface area (Å²) in [5, 5.41) is 0. The van der Waals surface area contributed by atoms with Gasteiger partial charge in [-0.1, -0.05) is 50.2 Å². The smallest absolute Gasteiger partial charge is 0.123 e. The molecule has 19 heavy (non-hydrogen) atoms. The molecule has 0 radical (unpaired) electrons. The fourth-order valence-corrected chi connectivity index (χ4v) is 2.58. The lowest BCUT2D eigenvalue weighted by atomic mass is 9.85. The van der Waals surface area contributed by atoms with Gasteiger partial charge in [-0.3, -0.25) is 0 Å². The van der Waals surface area contributed by atoms with Crippen molar-refractivity contribution in [2.45, 2.75) is 25.3 Å². The third-order valence-electron chi connectivity index (χ3n) is 3.84. The number of nitrogens with two attached hydrogens (primary N) is 1. The predicted molar refractivity (Wildman–Crippen MR) is 77.4 cm³/mol. The summed E-state index contributed by atoms with van der Waals surface area (Å²) in [7, 11) is 0. The molecule has 2 N–H and O–H groups in total. The van der Waals surface area contributed by atoms with E-state index in [0.29, 0.717) is 0 Å². The van der Waals surface area contributed by atoms with Crippen LogP contribution in [-0.4, -0.2) is 6.61 Å². The number of fused-ring (bicyclic) bond motifs is 1. The monoisotopic (exact) mass is 253 g/mol. The molecule has 2 aromatic carbocycles. The molecule has 0 spiro atoms. The SMILES string of the molecule is CC1(C)COc2ccc(C(N)c3ccccc3)cc21. The zero-order valence-electron chi connectivity index (χ0n) is 11.4. The van der Waals surface area contributed by atoms with Gasteiger partial charge in [0.1, 0.15) is 5.75 Å². The first-order valence-corrected chi connectivity index (χ1v) is 6.66. The Balaban J connectivity index is 1.99. The fraction of sp³-hybridized carbons (Fsp3) is 0.294. The first-order valence-electron chi connectivity index (χ1n) is 6.66. The first-order chi connectivity index (χ1) is 9.08. The van der Waals surface area contributed by atoms with E-state index in [2.05, 4.69) is 38.1 Å². The highest BCUT2D eigenvalue weighted by Gasteiger charge is 2.32. The van der Waals surface area contributed by atoms with Crippen LogP contribution in [0.3, 0.4) is 0 Å². The van der Waals surface area contributed by atoms with Crippen molar-refractivity contribution in [1.82, 2.24) is 0 Å². The van der Waals surface area contributed by atoms with Gasteiger partial charge in [0.25, 0.3) is 0 Å². The number of rotatable bonds is 2. The van der Waals surface area contributed by atoms with E-state index in [0.717, 1.165) is 23.5 Å². The van der Waals surface area contributed by atoms with Gasteiger partial charge < -0.3 is 10.5 Å². The number of benzene rings is 2. The molecule has 0 saturated heterocycles. The lowest BCUT2D eigenvalue weighted by molar-refractivity contribution is 0.291. The molecule has 1 heterocycles. The second-order valence-electron chi connectivity index (χ2n) is 5.82. The molecule has 0 amide bonds. The van der Waals surface area contributed by atoms with Crippen molar-refractivity contribution in [3.63, 3.8) is 0 Å². The molecule has 98 valence electrons. The van der Waals surface area contributed by atoms with Gasteiger partial charge in [0, 0.05) is 11.0 Å². The van der Waals surface area contributed by atoms with E-state index in [1.165, 1.54) is 5.56 Å². The maximum Gasteiger partial charge on any atom is 0.123 e. The van der Waals surface area contributed by atoms with Crippen LogP contribution in [0.4, 0.5) is 0 Å². The van der Waals surface area contributed by atoms with E-state index < -0.39 is 0 Å². The van der Waals surface area contributed by atoms with Crippen LogP contribution in [-0.2, 0) is 5.41 Å². The van der Waals surface area contributed by atoms with Gasteiger partial charge in [-0.25, -0.2) is 0 Å². The molecule has 1 aliphatic rings. The van der Waals surface area contributed by atoms with Crippen LogP contribution in [0.15, 0.2) is 48.5 Å². The first kappa shape index (κ1) is 12.2. The Labute approximate surface area is 114 Å². The molecule has 0 fully saturated rings. The summed E-state index contributed by atoms with van der Waals surface area (Å²) in [5.74, 6) is 0.994. The molecule has 1 unspecified atom stereocenters. The highest BCUT2D eigenvalue weighted by atomic mass is 16.5. The topological polar surface area (TPSA) is 35.2 Å². The summed E-state index contributed by atoms with van der Waals surface area (Å²) < 4.78 is 5.71. The van der Waals surface area contributed by atoms with Crippen LogP contribution in [0, 0.1) is 0 Å². The number of ether oxygens (including phenoxy) is 1. The van der Waals surface area contributed by atoms with Crippen LogP contribution in [0.1, 0.15) is 36.6 Å². The maximum atomic E-state index is 6.36. The Morgan fingerprint density at radius 2 is 1.79 bits per heavy atom. The highest BCUT2D eigenvalue weighted by molar-refractivity contribution is 5.47. The quantitative estimate of drug-likeness (QED) is 0.890. The van der Waals surface area contributed by atoms with Crippen molar-refractivity contribution in [1.29, 1.82) is 0 Å². The average molecular weight is 253 g/mol. The largest absolute Gasteiger partial charge is 0.492 e. The van der Waals surface area contributed by atoms with E-state index in [9.17, 15) is 0 Å². The van der Waals surface area contributed by atoms with Crippen molar-refractivity contribution < 1.29 is 4.74 Å². The normalized spacial score (nSPS) is 17.6. The van der Waals surface area contributed by atoms with Gasteiger partial charge in [-0.05, 0) is 23.3 Å². The Morgan fingerprint density at radius 1 is 1.05 bits per heavy atom. The molecule has 1 atom stereocenters. The molecule has 2 heteroatoms. The molecule has 0 saturated carbocycles. The summed E-state index contributed by atoms with van der Waals surface area (Å²) in [6, 6.07) is 16.4. The fourth-order valence-electron chi connectivity index (χ4n) is 2.58. The van der Waals surface area contributed by atoms with Crippen molar-refractivity contribution in [2.24, 2.45) is 5.73 Å². The minimum absolute atomic E-state index is 0.0712. The third kappa shape index (κ3) is 2.13. The van der Waals surface area contributed by atoms with Gasteiger partial charge in [0.2, 0.25) is 0 Å². The van der Waals surface area contributed by atoms with Gasteiger partial charge >= 0.3 is 0 Å². The van der Waals surface area contributed by atoms with E-state index in [-0.39, 0.29) is 11.5 Å². The van der Waals surface area contributed by atoms with Gasteiger partial charge in [0.05, 0.1) is 12.6 Å². The van der Waals surface area contributed by atoms with Gasteiger partial charge in [-0.2, -0.15) is 0 Å². The number of hydrogen-bond donors (Lipinski definition) is 1. The average Bonchev–Trinajstić information content (AvgIpc) is 2.74. The zero-order chi connectivity index (χ0) is 13.5. The van der Waals surface area contributed by atoms with Crippen LogP contribution >= 0.6 is 0 Å². The minimum Gasteiger partial charge on any atom is -0.492 e. The summed E-state index contributed by atoms with van der Waals surface area (Å²) in [4.78, 5) is 0. The van der Waals surface area contributed by atoms with Crippen molar-refractivity contribution in [2.75, 3.05) is 6.61 Å². The summed E-state index contributed by atoms with van der Waals surface area (Å²) in [6.07, 6.45) is 0. The summed E-state index contributed by atoms with van der Waals surface area (Å²) in [5.41, 5.74) is 9.97. The van der Waals surface area contributed by atoms with Gasteiger partial charge in [-0.15, -0.1) is 0 Å². The predicted octanol–water partition coefficient (Wildman–Crippen LogP) is 3.40. The Hall–Kier alpha value is -1.80. The van der Waals surface area contributed by atoms with Crippen LogP contribution in [0.5, 0.6) is 5.75 Å². The molecule has 3 rings (SSSR count). The molecule has 2 nitrogen and oxygen atoms in total.